The van der Waals surface area contributed by atoms with Crippen LogP contribution in [-0.4, -0.2) is 4.98 Å². The molecule has 0 spiro atoms. The molecule has 0 saturated heterocycles. The first kappa shape index (κ1) is 15.0. The molecule has 2 N–H and O–H groups in total. The first-order valence-corrected chi connectivity index (χ1v) is 6.93. The lowest BCUT2D eigenvalue weighted by molar-refractivity contribution is -0.137. The SMILES string of the molecule is Nc1cccc(Cl)c1CSc1ccc(C(F)(F)F)cn1. The molecule has 0 amide bonds. The molecule has 2 nitrogen and oxygen atoms in total. The molecule has 1 aromatic heterocycles. The Morgan fingerprint density at radius 3 is 2.50 bits per heavy atom. The minimum absolute atomic E-state index is 0.448. The predicted octanol–water partition coefficient (Wildman–Crippen LogP) is 4.63. The van der Waals surface area contributed by atoms with Gasteiger partial charge in [-0.05, 0) is 24.3 Å². The number of benzene rings is 1. The molecule has 0 bridgehead atoms. The van der Waals surface area contributed by atoms with Gasteiger partial charge in [0.05, 0.1) is 10.6 Å². The second kappa shape index (κ2) is 5.93. The van der Waals surface area contributed by atoms with Gasteiger partial charge in [-0.3, -0.25) is 0 Å². The summed E-state index contributed by atoms with van der Waals surface area (Å²) in [6, 6.07) is 7.52. The van der Waals surface area contributed by atoms with Gasteiger partial charge in [-0.25, -0.2) is 4.98 Å². The van der Waals surface area contributed by atoms with E-state index in [1.165, 1.54) is 17.8 Å². The van der Waals surface area contributed by atoms with Crippen LogP contribution in [0.5, 0.6) is 0 Å². The Kier molecular flexibility index (Phi) is 4.45. The van der Waals surface area contributed by atoms with Crippen molar-refractivity contribution in [1.29, 1.82) is 0 Å². The van der Waals surface area contributed by atoms with E-state index in [1.54, 1.807) is 18.2 Å². The van der Waals surface area contributed by atoms with Gasteiger partial charge in [-0.1, -0.05) is 17.7 Å². The number of halogens is 4. The highest BCUT2D eigenvalue weighted by Gasteiger charge is 2.30. The van der Waals surface area contributed by atoms with Crippen molar-refractivity contribution in [2.75, 3.05) is 5.73 Å². The number of nitrogens with two attached hydrogens (primary N) is 1. The van der Waals surface area contributed by atoms with Crippen LogP contribution in [0, 0.1) is 0 Å². The van der Waals surface area contributed by atoms with Crippen LogP contribution in [0.25, 0.3) is 0 Å². The van der Waals surface area contributed by atoms with Crippen LogP contribution in [0.1, 0.15) is 11.1 Å². The average Bonchev–Trinajstić information content (AvgIpc) is 2.37. The third kappa shape index (κ3) is 3.58. The van der Waals surface area contributed by atoms with E-state index in [-0.39, 0.29) is 0 Å². The van der Waals surface area contributed by atoms with Crippen LogP contribution in [0.3, 0.4) is 0 Å². The van der Waals surface area contributed by atoms with Crippen molar-refractivity contribution in [1.82, 2.24) is 4.98 Å². The van der Waals surface area contributed by atoms with Gasteiger partial charge in [0.25, 0.3) is 0 Å². The number of pyridine rings is 1. The zero-order valence-corrected chi connectivity index (χ0v) is 11.7. The molecule has 0 aliphatic rings. The second-order valence-corrected chi connectivity index (χ2v) is 5.38. The highest BCUT2D eigenvalue weighted by atomic mass is 35.5. The topological polar surface area (TPSA) is 38.9 Å². The summed E-state index contributed by atoms with van der Waals surface area (Å²) >= 11 is 7.30. The van der Waals surface area contributed by atoms with Gasteiger partial charge in [0.15, 0.2) is 0 Å². The molecule has 0 atom stereocenters. The fourth-order valence-electron chi connectivity index (χ4n) is 1.51. The molecule has 0 radical (unpaired) electrons. The standard InChI is InChI=1S/C13H10ClF3N2S/c14-10-2-1-3-11(18)9(10)7-20-12-5-4-8(6-19-12)13(15,16)17/h1-6H,7,18H2. The quantitative estimate of drug-likeness (QED) is 0.662. The molecule has 0 fully saturated rings. The Bertz CT molecular complexity index is 579. The molecule has 0 aliphatic heterocycles. The Hall–Kier alpha value is -1.40. The highest BCUT2D eigenvalue weighted by Crippen LogP contribution is 2.32. The van der Waals surface area contributed by atoms with Crippen molar-refractivity contribution in [2.45, 2.75) is 17.0 Å². The highest BCUT2D eigenvalue weighted by molar-refractivity contribution is 7.98. The molecular weight excluding hydrogens is 309 g/mol. The zero-order chi connectivity index (χ0) is 14.8. The average molecular weight is 319 g/mol. The maximum atomic E-state index is 12.4. The van der Waals surface area contributed by atoms with Gasteiger partial charge in [0.1, 0.15) is 0 Å². The van der Waals surface area contributed by atoms with Crippen molar-refractivity contribution in [3.05, 3.63) is 52.7 Å². The van der Waals surface area contributed by atoms with Crippen LogP contribution >= 0.6 is 23.4 Å². The van der Waals surface area contributed by atoms with E-state index in [1.807, 2.05) is 0 Å². The van der Waals surface area contributed by atoms with E-state index in [0.717, 1.165) is 17.8 Å². The normalized spacial score (nSPS) is 11.6. The lowest BCUT2D eigenvalue weighted by Gasteiger charge is -2.08. The van der Waals surface area contributed by atoms with Crippen LogP contribution < -0.4 is 5.73 Å². The molecule has 0 unspecified atom stereocenters. The van der Waals surface area contributed by atoms with Crippen LogP contribution in [0.4, 0.5) is 18.9 Å². The molecule has 1 aromatic carbocycles. The fraction of sp³-hybridized carbons (Fsp3) is 0.154. The van der Waals surface area contributed by atoms with Crippen LogP contribution in [0.15, 0.2) is 41.6 Å². The van der Waals surface area contributed by atoms with Gasteiger partial charge in [0, 0.05) is 28.2 Å². The molecule has 0 saturated carbocycles. The van der Waals surface area contributed by atoms with Crippen LogP contribution in [-0.2, 0) is 11.9 Å². The molecule has 2 rings (SSSR count). The van der Waals surface area contributed by atoms with Gasteiger partial charge in [0.2, 0.25) is 0 Å². The van der Waals surface area contributed by atoms with E-state index < -0.39 is 11.7 Å². The Morgan fingerprint density at radius 2 is 1.95 bits per heavy atom. The van der Waals surface area contributed by atoms with Crippen molar-refractivity contribution >= 4 is 29.1 Å². The smallest absolute Gasteiger partial charge is 0.398 e. The zero-order valence-electron chi connectivity index (χ0n) is 10.1. The van der Waals surface area contributed by atoms with Gasteiger partial charge in [-0.2, -0.15) is 13.2 Å². The number of alkyl halides is 3. The summed E-state index contributed by atoms with van der Waals surface area (Å²) in [4.78, 5) is 3.78. The summed E-state index contributed by atoms with van der Waals surface area (Å²) in [5.41, 5.74) is 6.34. The lowest BCUT2D eigenvalue weighted by Crippen LogP contribution is -2.05. The molecule has 2 aromatic rings. The van der Waals surface area contributed by atoms with Gasteiger partial charge in [-0.15, -0.1) is 11.8 Å². The summed E-state index contributed by atoms with van der Waals surface area (Å²) in [5, 5.41) is 1.02. The maximum Gasteiger partial charge on any atom is 0.417 e. The number of anilines is 1. The summed E-state index contributed by atoms with van der Waals surface area (Å²) in [5.74, 6) is 0.448. The minimum Gasteiger partial charge on any atom is -0.398 e. The second-order valence-electron chi connectivity index (χ2n) is 3.98. The lowest BCUT2D eigenvalue weighted by atomic mass is 10.2. The number of thioether (sulfide) groups is 1. The maximum absolute atomic E-state index is 12.4. The van der Waals surface area contributed by atoms with E-state index in [2.05, 4.69) is 4.98 Å². The first-order valence-electron chi connectivity index (χ1n) is 5.57. The minimum atomic E-state index is -4.37. The van der Waals surface area contributed by atoms with Crippen molar-refractivity contribution < 1.29 is 13.2 Å². The first-order chi connectivity index (χ1) is 9.38. The molecule has 106 valence electrons. The van der Waals surface area contributed by atoms with Crippen molar-refractivity contribution in [3.8, 4) is 0 Å². The Labute approximate surface area is 123 Å². The van der Waals surface area contributed by atoms with E-state index >= 15 is 0 Å². The predicted molar refractivity (Wildman–Crippen MR) is 74.7 cm³/mol. The number of rotatable bonds is 3. The number of nitrogen functional groups attached to an aromatic ring is 1. The van der Waals surface area contributed by atoms with E-state index in [9.17, 15) is 13.2 Å². The Morgan fingerprint density at radius 1 is 1.20 bits per heavy atom. The summed E-state index contributed by atoms with van der Waals surface area (Å²) < 4.78 is 37.2. The third-order valence-electron chi connectivity index (χ3n) is 2.58. The molecule has 1 heterocycles. The summed E-state index contributed by atoms with van der Waals surface area (Å²) in [6.45, 7) is 0. The Balaban J connectivity index is 2.08. The molecule has 20 heavy (non-hydrogen) atoms. The van der Waals surface area contributed by atoms with E-state index in [4.69, 9.17) is 17.3 Å². The van der Waals surface area contributed by atoms with Gasteiger partial charge < -0.3 is 5.73 Å². The largest absolute Gasteiger partial charge is 0.417 e. The van der Waals surface area contributed by atoms with E-state index in [0.29, 0.717) is 21.5 Å². The number of aromatic nitrogens is 1. The van der Waals surface area contributed by atoms with Crippen molar-refractivity contribution in [2.24, 2.45) is 0 Å². The fourth-order valence-corrected chi connectivity index (χ4v) is 2.74. The third-order valence-corrected chi connectivity index (χ3v) is 3.91. The van der Waals surface area contributed by atoms with Crippen molar-refractivity contribution in [3.63, 3.8) is 0 Å². The molecule has 0 aliphatic carbocycles. The van der Waals surface area contributed by atoms with Crippen LogP contribution in [0.2, 0.25) is 5.02 Å². The molecule has 7 heteroatoms. The van der Waals surface area contributed by atoms with Gasteiger partial charge >= 0.3 is 6.18 Å². The number of hydrogen-bond acceptors (Lipinski definition) is 3. The number of hydrogen-bond donors (Lipinski definition) is 1. The summed E-state index contributed by atoms with van der Waals surface area (Å²) in [7, 11) is 0. The monoisotopic (exact) mass is 318 g/mol. The molecular formula is C13H10ClF3N2S. The summed E-state index contributed by atoms with van der Waals surface area (Å²) in [6.07, 6.45) is -3.55. The number of nitrogens with zero attached hydrogens (tertiary/aromatic N) is 1.